The molecule has 4 heterocycles. The zero-order chi connectivity index (χ0) is 22.2. The molecule has 1 aromatic carbocycles. The first-order chi connectivity index (χ1) is 15.5. The van der Waals surface area contributed by atoms with Gasteiger partial charge >= 0.3 is 5.69 Å². The van der Waals surface area contributed by atoms with Crippen LogP contribution in [0.3, 0.4) is 0 Å². The van der Waals surface area contributed by atoms with E-state index in [4.69, 9.17) is 0 Å². The van der Waals surface area contributed by atoms with E-state index in [9.17, 15) is 9.59 Å². The Labute approximate surface area is 188 Å². The van der Waals surface area contributed by atoms with Gasteiger partial charge in [0, 0.05) is 30.3 Å². The number of carbonyl (C=O) groups is 1. The van der Waals surface area contributed by atoms with Crippen molar-refractivity contribution in [3.63, 3.8) is 0 Å². The molecule has 3 aromatic heterocycles. The summed E-state index contributed by atoms with van der Waals surface area (Å²) in [6.07, 6.45) is 3.43. The zero-order valence-electron chi connectivity index (χ0n) is 17.8. The molecular formula is C23H22N6O2S. The average Bonchev–Trinajstić information content (AvgIpc) is 3.41. The Bertz CT molecular complexity index is 1420. The minimum absolute atomic E-state index is 0.143. The topological polar surface area (TPSA) is 93.7 Å². The molecule has 5 rings (SSSR count). The number of benzene rings is 1. The van der Waals surface area contributed by atoms with Crippen LogP contribution in [0.15, 0.2) is 58.6 Å². The van der Waals surface area contributed by atoms with E-state index in [1.165, 1.54) is 4.68 Å². The second kappa shape index (κ2) is 8.23. The summed E-state index contributed by atoms with van der Waals surface area (Å²) in [6.45, 7) is 4.54. The SMILES string of the molecule is Cc1ccc2cc(C)c3nn(CCNC(=O)C4CSC(c5ccncc5)=N4)c(=O)n3c2c1. The molecule has 0 aliphatic carbocycles. The number of aryl methyl sites for hydroxylation is 2. The molecular weight excluding hydrogens is 424 g/mol. The molecule has 4 aromatic rings. The third-order valence-electron chi connectivity index (χ3n) is 5.49. The lowest BCUT2D eigenvalue weighted by Gasteiger charge is -2.07. The number of nitrogens with zero attached hydrogens (tertiary/aromatic N) is 5. The van der Waals surface area contributed by atoms with Gasteiger partial charge in [-0.15, -0.1) is 16.9 Å². The maximum Gasteiger partial charge on any atom is 0.350 e. The Hall–Kier alpha value is -3.46. The maximum atomic E-state index is 13.1. The number of aromatic nitrogens is 4. The fraction of sp³-hybridized carbons (Fsp3) is 0.261. The van der Waals surface area contributed by atoms with Crippen LogP contribution < -0.4 is 11.0 Å². The number of thioether (sulfide) groups is 1. The van der Waals surface area contributed by atoms with Crippen molar-refractivity contribution < 1.29 is 4.79 Å². The monoisotopic (exact) mass is 446 g/mol. The number of rotatable bonds is 5. The Morgan fingerprint density at radius 1 is 1.19 bits per heavy atom. The van der Waals surface area contributed by atoms with Crippen molar-refractivity contribution in [2.45, 2.75) is 26.4 Å². The third-order valence-corrected chi connectivity index (χ3v) is 6.59. The van der Waals surface area contributed by atoms with Gasteiger partial charge < -0.3 is 5.32 Å². The molecule has 1 atom stereocenters. The lowest BCUT2D eigenvalue weighted by atomic mass is 10.1. The largest absolute Gasteiger partial charge is 0.352 e. The van der Waals surface area contributed by atoms with Gasteiger partial charge in [-0.05, 0) is 54.6 Å². The van der Waals surface area contributed by atoms with E-state index in [0.717, 1.165) is 32.6 Å². The van der Waals surface area contributed by atoms with Crippen molar-refractivity contribution >= 4 is 39.3 Å². The van der Waals surface area contributed by atoms with Crippen molar-refractivity contribution in [3.8, 4) is 0 Å². The summed E-state index contributed by atoms with van der Waals surface area (Å²) >= 11 is 1.56. The van der Waals surface area contributed by atoms with Gasteiger partial charge in [0.1, 0.15) is 6.04 Å². The third kappa shape index (κ3) is 3.69. The molecule has 0 spiro atoms. The Morgan fingerprint density at radius 2 is 2.00 bits per heavy atom. The summed E-state index contributed by atoms with van der Waals surface area (Å²) in [5.74, 6) is 0.457. The van der Waals surface area contributed by atoms with Gasteiger partial charge in [-0.3, -0.25) is 14.8 Å². The smallest absolute Gasteiger partial charge is 0.350 e. The van der Waals surface area contributed by atoms with Crippen molar-refractivity contribution in [2.24, 2.45) is 4.99 Å². The zero-order valence-corrected chi connectivity index (χ0v) is 18.6. The molecule has 0 fully saturated rings. The van der Waals surface area contributed by atoms with Crippen LogP contribution in [0.1, 0.15) is 16.7 Å². The summed E-state index contributed by atoms with van der Waals surface area (Å²) in [5.41, 5.74) is 4.25. The van der Waals surface area contributed by atoms with Gasteiger partial charge in [0.05, 0.1) is 17.1 Å². The normalized spacial score (nSPS) is 15.9. The highest BCUT2D eigenvalue weighted by atomic mass is 32.2. The van der Waals surface area contributed by atoms with Crippen molar-refractivity contribution in [1.29, 1.82) is 0 Å². The number of carbonyl (C=O) groups excluding carboxylic acids is 1. The molecule has 0 bridgehead atoms. The minimum atomic E-state index is -0.435. The van der Waals surface area contributed by atoms with Gasteiger partial charge in [-0.25, -0.2) is 13.9 Å². The lowest BCUT2D eigenvalue weighted by Crippen LogP contribution is -2.37. The van der Waals surface area contributed by atoms with E-state index >= 15 is 0 Å². The number of fused-ring (bicyclic) bond motifs is 3. The summed E-state index contributed by atoms with van der Waals surface area (Å²) in [6, 6.07) is 11.4. The van der Waals surface area contributed by atoms with Crippen LogP contribution in [0.5, 0.6) is 0 Å². The van der Waals surface area contributed by atoms with Crippen LogP contribution in [0.4, 0.5) is 0 Å². The highest BCUT2D eigenvalue weighted by Gasteiger charge is 2.25. The molecule has 0 saturated carbocycles. The molecule has 1 unspecified atom stereocenters. The quantitative estimate of drug-likeness (QED) is 0.508. The number of amides is 1. The molecule has 1 aliphatic rings. The van der Waals surface area contributed by atoms with E-state index < -0.39 is 6.04 Å². The number of pyridine rings is 2. The molecule has 32 heavy (non-hydrogen) atoms. The predicted octanol–water partition coefficient (Wildman–Crippen LogP) is 2.34. The Balaban J connectivity index is 1.31. The number of hydrogen-bond acceptors (Lipinski definition) is 6. The van der Waals surface area contributed by atoms with E-state index in [1.807, 2.05) is 50.2 Å². The van der Waals surface area contributed by atoms with Gasteiger partial charge in [0.15, 0.2) is 5.65 Å². The van der Waals surface area contributed by atoms with Crippen LogP contribution in [0, 0.1) is 13.8 Å². The highest BCUT2D eigenvalue weighted by Crippen LogP contribution is 2.23. The average molecular weight is 447 g/mol. The summed E-state index contributed by atoms with van der Waals surface area (Å²) in [5, 5.41) is 9.26. The van der Waals surface area contributed by atoms with Crippen LogP contribution in [-0.2, 0) is 11.3 Å². The second-order valence-electron chi connectivity index (χ2n) is 7.84. The van der Waals surface area contributed by atoms with Crippen LogP contribution in [-0.4, -0.2) is 48.5 Å². The van der Waals surface area contributed by atoms with Crippen molar-refractivity contribution in [2.75, 3.05) is 12.3 Å². The minimum Gasteiger partial charge on any atom is -0.352 e. The molecule has 1 N–H and O–H groups in total. The molecule has 1 amide bonds. The Kier molecular flexibility index (Phi) is 5.26. The van der Waals surface area contributed by atoms with Gasteiger partial charge in [-0.2, -0.15) is 0 Å². The number of aliphatic imine (C=N–C) groups is 1. The first kappa shape index (κ1) is 20.4. The van der Waals surface area contributed by atoms with E-state index in [2.05, 4.69) is 20.4 Å². The van der Waals surface area contributed by atoms with E-state index in [0.29, 0.717) is 24.5 Å². The standard InChI is InChI=1S/C23H22N6O2S/c1-14-3-4-17-12-15(2)20-27-28(23(31)29(20)19(17)11-14)10-9-25-21(30)18-13-32-22(26-18)16-5-7-24-8-6-16/h3-8,11-12,18H,9-10,13H2,1-2H3,(H,25,30). The Morgan fingerprint density at radius 3 is 2.81 bits per heavy atom. The number of nitrogens with one attached hydrogen (secondary N) is 1. The maximum absolute atomic E-state index is 13.1. The summed E-state index contributed by atoms with van der Waals surface area (Å²) in [4.78, 5) is 34.2. The second-order valence-corrected chi connectivity index (χ2v) is 8.85. The first-order valence-corrected chi connectivity index (χ1v) is 11.4. The summed E-state index contributed by atoms with van der Waals surface area (Å²) in [7, 11) is 0. The molecule has 9 heteroatoms. The molecule has 8 nitrogen and oxygen atoms in total. The van der Waals surface area contributed by atoms with Crippen molar-refractivity contribution in [3.05, 3.63) is 76.0 Å². The lowest BCUT2D eigenvalue weighted by molar-refractivity contribution is -0.121. The summed E-state index contributed by atoms with van der Waals surface area (Å²) < 4.78 is 3.07. The first-order valence-electron chi connectivity index (χ1n) is 10.4. The van der Waals surface area contributed by atoms with Crippen LogP contribution >= 0.6 is 11.8 Å². The molecule has 0 radical (unpaired) electrons. The number of hydrogen-bond donors (Lipinski definition) is 1. The fourth-order valence-electron chi connectivity index (χ4n) is 3.86. The van der Waals surface area contributed by atoms with Gasteiger partial charge in [0.2, 0.25) is 5.91 Å². The van der Waals surface area contributed by atoms with Crippen molar-refractivity contribution in [1.82, 2.24) is 24.5 Å². The van der Waals surface area contributed by atoms with Gasteiger partial charge in [0.25, 0.3) is 0 Å². The highest BCUT2D eigenvalue weighted by molar-refractivity contribution is 8.14. The van der Waals surface area contributed by atoms with Gasteiger partial charge in [-0.1, -0.05) is 12.1 Å². The fourth-order valence-corrected chi connectivity index (χ4v) is 4.90. The van der Waals surface area contributed by atoms with E-state index in [1.54, 1.807) is 28.6 Å². The van der Waals surface area contributed by atoms with E-state index in [-0.39, 0.29) is 11.6 Å². The molecule has 1 aliphatic heterocycles. The van der Waals surface area contributed by atoms with Crippen LogP contribution in [0.25, 0.3) is 16.6 Å². The van der Waals surface area contributed by atoms with Crippen LogP contribution in [0.2, 0.25) is 0 Å². The molecule has 0 saturated heterocycles. The molecule has 162 valence electrons. The predicted molar refractivity (Wildman–Crippen MR) is 126 cm³/mol.